The van der Waals surface area contributed by atoms with E-state index in [1.54, 1.807) is 13.3 Å². The summed E-state index contributed by atoms with van der Waals surface area (Å²) in [5.41, 5.74) is 3.61. The van der Waals surface area contributed by atoms with Crippen molar-refractivity contribution in [2.24, 2.45) is 0 Å². The first-order chi connectivity index (χ1) is 18.0. The number of para-hydroxylation sites is 2. The minimum absolute atomic E-state index is 0.116. The fraction of sp³-hybridized carbons (Fsp3) is 0.179. The number of thiocarbonyl (C=S) groups is 1. The smallest absolute Gasteiger partial charge is 0.226 e. The number of benzene rings is 2. The van der Waals surface area contributed by atoms with Gasteiger partial charge in [-0.25, -0.2) is 0 Å². The number of nitrogens with one attached hydrogen (secondary N) is 2. The molecular formula is C28H26BrN5O2S. The Bertz CT molecular complexity index is 1410. The average molecular weight is 577 g/mol. The van der Waals surface area contributed by atoms with E-state index in [1.165, 1.54) is 0 Å². The lowest BCUT2D eigenvalue weighted by atomic mass is 10.0. The zero-order chi connectivity index (χ0) is 25.8. The lowest BCUT2D eigenvalue weighted by Gasteiger charge is -2.29. The second-order valence-electron chi connectivity index (χ2n) is 8.60. The number of hydrogen-bond donors (Lipinski definition) is 2. The fourth-order valence-electron chi connectivity index (χ4n) is 4.65. The van der Waals surface area contributed by atoms with Gasteiger partial charge in [0.1, 0.15) is 5.75 Å². The van der Waals surface area contributed by atoms with Crippen LogP contribution in [0.15, 0.2) is 95.7 Å². The Morgan fingerprint density at radius 2 is 1.95 bits per heavy atom. The third-order valence-electron chi connectivity index (χ3n) is 6.33. The van der Waals surface area contributed by atoms with Crippen molar-refractivity contribution in [1.29, 1.82) is 0 Å². The van der Waals surface area contributed by atoms with Gasteiger partial charge in [0.05, 0.1) is 30.6 Å². The van der Waals surface area contributed by atoms with Crippen molar-refractivity contribution in [3.05, 3.63) is 107 Å². The van der Waals surface area contributed by atoms with Gasteiger partial charge in [-0.3, -0.25) is 9.78 Å². The number of halogens is 1. The highest BCUT2D eigenvalue weighted by Crippen LogP contribution is 2.39. The third-order valence-corrected chi connectivity index (χ3v) is 7.17. The van der Waals surface area contributed by atoms with Crippen LogP contribution >= 0.6 is 28.1 Å². The molecule has 1 saturated heterocycles. The van der Waals surface area contributed by atoms with Crippen molar-refractivity contribution < 1.29 is 9.53 Å². The Labute approximate surface area is 229 Å². The zero-order valence-electron chi connectivity index (χ0n) is 20.2. The van der Waals surface area contributed by atoms with Gasteiger partial charge < -0.3 is 24.8 Å². The van der Waals surface area contributed by atoms with Crippen molar-refractivity contribution in [2.75, 3.05) is 19.0 Å². The summed E-state index contributed by atoms with van der Waals surface area (Å²) in [6, 6.07) is 25.2. The van der Waals surface area contributed by atoms with Crippen LogP contribution in [0.3, 0.4) is 0 Å². The molecular weight excluding hydrogens is 550 g/mol. The van der Waals surface area contributed by atoms with E-state index in [1.807, 2.05) is 66.9 Å². The minimum atomic E-state index is -0.174. The molecule has 2 atom stereocenters. The summed E-state index contributed by atoms with van der Waals surface area (Å²) in [7, 11) is 1.59. The summed E-state index contributed by atoms with van der Waals surface area (Å²) < 4.78 is 8.52. The van der Waals surface area contributed by atoms with Crippen LogP contribution in [-0.4, -0.2) is 39.1 Å². The lowest BCUT2D eigenvalue weighted by molar-refractivity contribution is -0.116. The number of amides is 1. The maximum absolute atomic E-state index is 12.9. The van der Waals surface area contributed by atoms with Crippen LogP contribution in [0.1, 0.15) is 29.9 Å². The van der Waals surface area contributed by atoms with E-state index in [0.29, 0.717) is 23.1 Å². The molecule has 0 aliphatic carbocycles. The monoisotopic (exact) mass is 575 g/mol. The van der Waals surface area contributed by atoms with Crippen LogP contribution in [0.4, 0.5) is 5.69 Å². The van der Waals surface area contributed by atoms with Crippen molar-refractivity contribution in [3.8, 4) is 11.4 Å². The number of methoxy groups -OCH3 is 1. The van der Waals surface area contributed by atoms with Crippen LogP contribution in [-0.2, 0) is 4.79 Å². The lowest BCUT2D eigenvalue weighted by Crippen LogP contribution is -2.33. The van der Waals surface area contributed by atoms with Crippen LogP contribution in [0.2, 0.25) is 0 Å². The van der Waals surface area contributed by atoms with Crippen molar-refractivity contribution >= 4 is 44.9 Å². The third kappa shape index (κ3) is 5.38. The normalized spacial score (nSPS) is 16.9. The molecule has 2 unspecified atom stereocenters. The summed E-state index contributed by atoms with van der Waals surface area (Å²) in [5, 5.41) is 7.01. The molecule has 37 heavy (non-hydrogen) atoms. The number of ether oxygens (including phenoxy) is 1. The van der Waals surface area contributed by atoms with Gasteiger partial charge in [0.2, 0.25) is 5.91 Å². The molecule has 1 aliphatic heterocycles. The predicted molar refractivity (Wildman–Crippen MR) is 152 cm³/mol. The fourth-order valence-corrected chi connectivity index (χ4v) is 5.37. The highest BCUT2D eigenvalue weighted by molar-refractivity contribution is 9.10. The molecule has 4 aromatic rings. The van der Waals surface area contributed by atoms with Gasteiger partial charge in [0.25, 0.3) is 0 Å². The minimum Gasteiger partial charge on any atom is -0.495 e. The highest BCUT2D eigenvalue weighted by Gasteiger charge is 2.41. The molecule has 7 nitrogen and oxygen atoms in total. The zero-order valence-corrected chi connectivity index (χ0v) is 22.6. The molecule has 2 aromatic heterocycles. The van der Waals surface area contributed by atoms with Gasteiger partial charge in [0, 0.05) is 41.2 Å². The Kier molecular flexibility index (Phi) is 7.52. The molecule has 3 heterocycles. The molecule has 9 heteroatoms. The molecule has 0 bridgehead atoms. The molecule has 1 amide bonds. The quantitative estimate of drug-likeness (QED) is 0.265. The van der Waals surface area contributed by atoms with E-state index in [4.69, 9.17) is 17.0 Å². The van der Waals surface area contributed by atoms with Crippen molar-refractivity contribution in [1.82, 2.24) is 19.8 Å². The summed E-state index contributed by atoms with van der Waals surface area (Å²) in [5.74, 6) is 0.504. The van der Waals surface area contributed by atoms with Crippen LogP contribution in [0.25, 0.3) is 5.69 Å². The molecule has 1 aliphatic rings. The second kappa shape index (κ2) is 11.1. The van der Waals surface area contributed by atoms with E-state index in [-0.39, 0.29) is 24.4 Å². The van der Waals surface area contributed by atoms with Gasteiger partial charge in [-0.05, 0) is 66.8 Å². The number of rotatable bonds is 8. The van der Waals surface area contributed by atoms with Gasteiger partial charge in [0.15, 0.2) is 5.11 Å². The van der Waals surface area contributed by atoms with E-state index >= 15 is 0 Å². The van der Waals surface area contributed by atoms with Gasteiger partial charge in [-0.1, -0.05) is 40.2 Å². The van der Waals surface area contributed by atoms with Gasteiger partial charge in [-0.15, -0.1) is 0 Å². The Morgan fingerprint density at radius 3 is 2.73 bits per heavy atom. The SMILES string of the molecule is COc1ccccc1NC(=O)CCN1C(=S)NC(c2ccccn2)C1c1cccn1-c1cccc(Br)c1. The second-order valence-corrected chi connectivity index (χ2v) is 9.90. The van der Waals surface area contributed by atoms with Gasteiger partial charge >= 0.3 is 0 Å². The van der Waals surface area contributed by atoms with Crippen molar-refractivity contribution in [2.45, 2.75) is 18.5 Å². The maximum Gasteiger partial charge on any atom is 0.226 e. The Hall–Kier alpha value is -3.69. The number of aromatic nitrogens is 2. The molecule has 2 aromatic carbocycles. The van der Waals surface area contributed by atoms with Gasteiger partial charge in [-0.2, -0.15) is 0 Å². The molecule has 0 saturated carbocycles. The molecule has 0 radical (unpaired) electrons. The number of pyridine rings is 1. The largest absolute Gasteiger partial charge is 0.495 e. The molecule has 5 rings (SSSR count). The Morgan fingerprint density at radius 1 is 1.11 bits per heavy atom. The maximum atomic E-state index is 12.9. The summed E-state index contributed by atoms with van der Waals surface area (Å²) in [6.45, 7) is 0.435. The topological polar surface area (TPSA) is 71.4 Å². The summed E-state index contributed by atoms with van der Waals surface area (Å²) in [4.78, 5) is 19.6. The van der Waals surface area contributed by atoms with Crippen molar-refractivity contribution in [3.63, 3.8) is 0 Å². The Balaban J connectivity index is 1.44. The first-order valence-electron chi connectivity index (χ1n) is 11.9. The summed E-state index contributed by atoms with van der Waals surface area (Å²) >= 11 is 9.37. The van der Waals surface area contributed by atoms with Crippen LogP contribution in [0.5, 0.6) is 5.75 Å². The average Bonchev–Trinajstić information content (AvgIpc) is 3.52. The van der Waals surface area contributed by atoms with E-state index in [9.17, 15) is 4.79 Å². The first-order valence-corrected chi connectivity index (χ1v) is 13.1. The highest BCUT2D eigenvalue weighted by atomic mass is 79.9. The van der Waals surface area contributed by atoms with E-state index in [0.717, 1.165) is 21.5 Å². The van der Waals surface area contributed by atoms with E-state index < -0.39 is 0 Å². The number of carbonyl (C=O) groups excluding carboxylic acids is 1. The number of nitrogens with zero attached hydrogens (tertiary/aromatic N) is 3. The summed E-state index contributed by atoms with van der Waals surface area (Å²) in [6.07, 6.45) is 4.08. The standard InChI is InChI=1S/C28H26BrN5O2S/c1-36-24-13-3-2-10-21(24)31-25(35)14-17-34-27(26(32-28(34)37)22-11-4-5-15-30-22)23-12-7-16-33(23)20-9-6-8-19(29)18-20/h2-13,15-16,18,26-27H,14,17H2,1H3,(H,31,35)(H,32,37). The van der Waals surface area contributed by atoms with Crippen LogP contribution < -0.4 is 15.4 Å². The molecule has 0 spiro atoms. The number of carbonyl (C=O) groups is 1. The van der Waals surface area contributed by atoms with E-state index in [2.05, 4.69) is 59.2 Å². The molecule has 2 N–H and O–H groups in total. The van der Waals surface area contributed by atoms with Crippen LogP contribution in [0, 0.1) is 0 Å². The number of hydrogen-bond acceptors (Lipinski definition) is 4. The predicted octanol–water partition coefficient (Wildman–Crippen LogP) is 5.64. The number of anilines is 1. The molecule has 188 valence electrons. The molecule has 1 fully saturated rings. The first kappa shape index (κ1) is 25.0.